The number of halogens is 1. The van der Waals surface area contributed by atoms with E-state index in [1.54, 1.807) is 0 Å². The van der Waals surface area contributed by atoms with Crippen molar-refractivity contribution in [3.8, 4) is 22.8 Å². The molecule has 6 aromatic rings. The highest BCUT2D eigenvalue weighted by Crippen LogP contribution is 2.34. The summed E-state index contributed by atoms with van der Waals surface area (Å²) in [6.45, 7) is 0. The number of nitrogens with zero attached hydrogens (tertiary/aromatic N) is 3. The molecule has 0 spiro atoms. The van der Waals surface area contributed by atoms with Gasteiger partial charge in [-0.3, -0.25) is 0 Å². The molecule has 0 radical (unpaired) electrons. The summed E-state index contributed by atoms with van der Waals surface area (Å²) in [5.74, 6) is -1.07. The number of aromatic nitrogens is 3. The molecule has 0 fully saturated rings. The van der Waals surface area contributed by atoms with Crippen LogP contribution in [-0.2, 0) is 0 Å². The second kappa shape index (κ2) is 7.15. The maximum atomic E-state index is 8.83. The molecule has 0 unspecified atom stereocenters. The van der Waals surface area contributed by atoms with Crippen molar-refractivity contribution >= 4 is 43.9 Å². The summed E-state index contributed by atoms with van der Waals surface area (Å²) in [5.41, 5.74) is -0.866. The van der Waals surface area contributed by atoms with Gasteiger partial charge in [-0.15, -0.1) is 0 Å². The molecule has 0 bridgehead atoms. The number of rotatable bonds is 2. The monoisotopic (exact) mass is 433 g/mol. The number of benzene rings is 5. The standard InChI is InChI=1S/C27H16ClN3/c28-27-30-25(22-13-5-9-17-7-1-3-11-20(17)22)29-26(31-27)23-14-6-10-19-16-15-18-8-2-4-12-21(18)24(19)23/h1-16H/i1D,2D,3D,4D,5D,6D,7D,8D,9D,10D,11D,12D,13D,14D,15D,16D. The Kier molecular flexibility index (Phi) is 1.85. The maximum absolute atomic E-state index is 8.83. The van der Waals surface area contributed by atoms with Gasteiger partial charge in [-0.05, 0) is 38.5 Å². The third kappa shape index (κ3) is 3.02. The normalized spacial score (nSPS) is 18.6. The Morgan fingerprint density at radius 1 is 0.516 bits per heavy atom. The van der Waals surface area contributed by atoms with Gasteiger partial charge in [0.05, 0.1) is 21.9 Å². The molecule has 6 rings (SSSR count). The molecule has 0 N–H and O–H groups in total. The highest BCUT2D eigenvalue weighted by atomic mass is 35.5. The zero-order chi connectivity index (χ0) is 34.7. The predicted octanol–water partition coefficient (Wildman–Crippen LogP) is 7.32. The fourth-order valence-corrected chi connectivity index (χ4v) is 3.35. The fourth-order valence-electron chi connectivity index (χ4n) is 3.19. The lowest BCUT2D eigenvalue weighted by molar-refractivity contribution is 1.07. The van der Waals surface area contributed by atoms with Crippen molar-refractivity contribution in [1.82, 2.24) is 15.0 Å². The molecule has 1 heterocycles. The Morgan fingerprint density at radius 2 is 1.06 bits per heavy atom. The van der Waals surface area contributed by atoms with Crippen LogP contribution in [0.5, 0.6) is 0 Å². The van der Waals surface area contributed by atoms with Crippen LogP contribution >= 0.6 is 11.6 Å². The van der Waals surface area contributed by atoms with Crippen LogP contribution in [0.1, 0.15) is 21.9 Å². The van der Waals surface area contributed by atoms with E-state index in [1.165, 1.54) is 0 Å². The van der Waals surface area contributed by atoms with Gasteiger partial charge in [0.1, 0.15) is 0 Å². The van der Waals surface area contributed by atoms with Crippen LogP contribution in [0, 0.1) is 0 Å². The van der Waals surface area contributed by atoms with Gasteiger partial charge in [0.25, 0.3) is 0 Å². The molecule has 0 atom stereocenters. The second-order valence-electron chi connectivity index (χ2n) is 6.25. The van der Waals surface area contributed by atoms with E-state index in [4.69, 9.17) is 33.5 Å². The first-order valence-corrected chi connectivity index (χ1v) is 9.16. The largest absolute Gasteiger partial charge is 0.226 e. The topological polar surface area (TPSA) is 38.7 Å². The first kappa shape index (κ1) is 8.03. The molecule has 1 aromatic heterocycles. The quantitative estimate of drug-likeness (QED) is 0.268. The Bertz CT molecular complexity index is 2440. The highest BCUT2D eigenvalue weighted by molar-refractivity contribution is 6.28. The fraction of sp³-hybridized carbons (Fsp3) is 0. The maximum Gasteiger partial charge on any atom is 0.226 e. The zero-order valence-electron chi connectivity index (χ0n) is 31.2. The van der Waals surface area contributed by atoms with E-state index >= 15 is 0 Å². The van der Waals surface area contributed by atoms with Gasteiger partial charge in [-0.2, -0.15) is 9.97 Å². The van der Waals surface area contributed by atoms with Crippen LogP contribution in [0.2, 0.25) is 5.28 Å². The summed E-state index contributed by atoms with van der Waals surface area (Å²) < 4.78 is 135. The molecule has 5 aromatic carbocycles. The first-order valence-electron chi connectivity index (χ1n) is 16.8. The summed E-state index contributed by atoms with van der Waals surface area (Å²) >= 11 is 6.31. The van der Waals surface area contributed by atoms with Crippen LogP contribution in [0.25, 0.3) is 55.1 Å². The molecule has 3 nitrogen and oxygen atoms in total. The molecule has 0 saturated heterocycles. The van der Waals surface area contributed by atoms with E-state index in [2.05, 4.69) is 15.0 Å². The van der Waals surface area contributed by atoms with E-state index in [0.717, 1.165) is 0 Å². The average Bonchev–Trinajstić information content (AvgIpc) is 3.03. The minimum atomic E-state index is -0.744. The van der Waals surface area contributed by atoms with Crippen LogP contribution in [0.3, 0.4) is 0 Å². The van der Waals surface area contributed by atoms with E-state index in [0.29, 0.717) is 0 Å². The first-order chi connectivity index (χ1) is 21.9. The SMILES string of the molecule is [2H]c1c([2H])c([2H])c2c(-c3nc(Cl)nc(-c4c([2H])c([2H])c([2H])c5c([2H])c([2H])c6c([2H])c([2H])c([2H])c([2H])c6c45)n3)c([2H])c([2H])c([2H])c2c1[2H]. The van der Waals surface area contributed by atoms with Gasteiger partial charge >= 0.3 is 0 Å². The molecule has 31 heavy (non-hydrogen) atoms. The van der Waals surface area contributed by atoms with E-state index in [1.807, 2.05) is 0 Å². The van der Waals surface area contributed by atoms with E-state index in [9.17, 15) is 0 Å². The molecule has 4 heteroatoms. The van der Waals surface area contributed by atoms with Crippen LogP contribution < -0.4 is 0 Å². The lowest BCUT2D eigenvalue weighted by Gasteiger charge is -2.11. The second-order valence-corrected chi connectivity index (χ2v) is 6.59. The molecule has 0 aliphatic heterocycles. The Labute approximate surface area is 206 Å². The molecular formula is C27H16ClN3. The van der Waals surface area contributed by atoms with Crippen LogP contribution in [0.15, 0.2) is 96.7 Å². The van der Waals surface area contributed by atoms with Crippen molar-refractivity contribution in [2.24, 2.45) is 0 Å². The Morgan fingerprint density at radius 3 is 1.87 bits per heavy atom. The summed E-state index contributed by atoms with van der Waals surface area (Å²) in [4.78, 5) is 12.4. The Hall–Kier alpha value is -3.82. The van der Waals surface area contributed by atoms with Crippen molar-refractivity contribution < 1.29 is 21.9 Å². The smallest absolute Gasteiger partial charge is 0.208 e. The summed E-state index contributed by atoms with van der Waals surface area (Å²) in [6.07, 6.45) is 0. The van der Waals surface area contributed by atoms with Crippen LogP contribution in [-0.4, -0.2) is 15.0 Å². The van der Waals surface area contributed by atoms with Gasteiger partial charge in [0.2, 0.25) is 5.28 Å². The summed E-state index contributed by atoms with van der Waals surface area (Å²) in [7, 11) is 0. The Balaban J connectivity index is 1.87. The summed E-state index contributed by atoms with van der Waals surface area (Å²) in [5, 5.41) is -2.85. The summed E-state index contributed by atoms with van der Waals surface area (Å²) in [6, 6.07) is -11.0. The number of hydrogen-bond donors (Lipinski definition) is 0. The third-order valence-electron chi connectivity index (χ3n) is 4.49. The lowest BCUT2D eigenvalue weighted by Crippen LogP contribution is -1.98. The number of hydrogen-bond acceptors (Lipinski definition) is 3. The third-order valence-corrected chi connectivity index (χ3v) is 4.66. The van der Waals surface area contributed by atoms with Crippen molar-refractivity contribution in [2.75, 3.05) is 0 Å². The predicted molar refractivity (Wildman–Crippen MR) is 128 cm³/mol. The van der Waals surface area contributed by atoms with E-state index < -0.39 is 141 Å². The average molecular weight is 434 g/mol. The lowest BCUT2D eigenvalue weighted by atomic mass is 9.97. The van der Waals surface area contributed by atoms with Crippen molar-refractivity contribution in [3.63, 3.8) is 0 Å². The minimum absolute atomic E-state index is 0.326. The molecule has 146 valence electrons. The molecule has 0 amide bonds. The van der Waals surface area contributed by atoms with Crippen LogP contribution in [0.4, 0.5) is 0 Å². The van der Waals surface area contributed by atoms with Gasteiger partial charge in [0.15, 0.2) is 11.6 Å². The van der Waals surface area contributed by atoms with Gasteiger partial charge < -0.3 is 0 Å². The van der Waals surface area contributed by atoms with Gasteiger partial charge in [-0.25, -0.2) is 4.98 Å². The van der Waals surface area contributed by atoms with Crippen molar-refractivity contribution in [2.45, 2.75) is 0 Å². The molecule has 0 saturated carbocycles. The molecular weight excluding hydrogens is 402 g/mol. The minimum Gasteiger partial charge on any atom is -0.208 e. The number of fused-ring (bicyclic) bond motifs is 4. The highest BCUT2D eigenvalue weighted by Gasteiger charge is 2.15. The van der Waals surface area contributed by atoms with Crippen molar-refractivity contribution in [1.29, 1.82) is 0 Å². The van der Waals surface area contributed by atoms with E-state index in [-0.39, 0.29) is 16.2 Å². The molecule has 0 aliphatic rings. The van der Waals surface area contributed by atoms with Crippen molar-refractivity contribution in [3.05, 3.63) is 102 Å². The van der Waals surface area contributed by atoms with Gasteiger partial charge in [0, 0.05) is 16.5 Å². The van der Waals surface area contributed by atoms with Gasteiger partial charge in [-0.1, -0.05) is 96.7 Å². The molecule has 0 aliphatic carbocycles. The zero-order valence-corrected chi connectivity index (χ0v) is 16.0.